The largest absolute Gasteiger partial charge is 0.497 e. The smallest absolute Gasteiger partial charge is 0.246 e. The molecule has 3 atom stereocenters. The summed E-state index contributed by atoms with van der Waals surface area (Å²) in [6.07, 6.45) is -1.08. The molecule has 0 saturated carbocycles. The number of nitrogens with one attached hydrogen (secondary N) is 2. The van der Waals surface area contributed by atoms with Gasteiger partial charge in [0.15, 0.2) is 0 Å². The summed E-state index contributed by atoms with van der Waals surface area (Å²) < 4.78 is 15.4. The van der Waals surface area contributed by atoms with E-state index in [0.29, 0.717) is 13.2 Å². The number of amides is 1. The van der Waals surface area contributed by atoms with Crippen molar-refractivity contribution in [1.29, 1.82) is 0 Å². The van der Waals surface area contributed by atoms with Crippen LogP contribution in [0.25, 0.3) is 0 Å². The summed E-state index contributed by atoms with van der Waals surface area (Å²) in [4.78, 5) is 11.4. The lowest BCUT2D eigenvalue weighted by molar-refractivity contribution is -0.125. The number of aliphatic hydroxyl groups excluding tert-OH is 1. The highest BCUT2D eigenvalue weighted by Gasteiger charge is 2.35. The Balaban J connectivity index is 1.75. The highest BCUT2D eigenvalue weighted by atomic mass is 16.5. The zero-order chi connectivity index (χ0) is 16.7. The molecular formula is C16H24N2O5. The van der Waals surface area contributed by atoms with Gasteiger partial charge >= 0.3 is 0 Å². The summed E-state index contributed by atoms with van der Waals surface area (Å²) >= 11 is 0. The molecule has 1 fully saturated rings. The van der Waals surface area contributed by atoms with Crippen LogP contribution in [0.3, 0.4) is 0 Å². The van der Waals surface area contributed by atoms with Gasteiger partial charge in [-0.05, 0) is 17.7 Å². The second-order valence-corrected chi connectivity index (χ2v) is 5.43. The molecule has 2 rings (SSSR count). The van der Waals surface area contributed by atoms with Gasteiger partial charge in [-0.25, -0.2) is 0 Å². The SMILES string of the molecule is COCC(=O)NCC1OCC(NCc2ccc(OC)cc2)C1O. The molecule has 3 unspecified atom stereocenters. The van der Waals surface area contributed by atoms with Crippen molar-refractivity contribution in [2.24, 2.45) is 0 Å². The fraction of sp³-hybridized carbons (Fsp3) is 0.562. The van der Waals surface area contributed by atoms with E-state index in [1.54, 1.807) is 7.11 Å². The maximum atomic E-state index is 11.4. The van der Waals surface area contributed by atoms with Gasteiger partial charge in [0.25, 0.3) is 0 Å². The van der Waals surface area contributed by atoms with E-state index >= 15 is 0 Å². The number of aliphatic hydroxyl groups is 1. The fourth-order valence-corrected chi connectivity index (χ4v) is 2.43. The van der Waals surface area contributed by atoms with Crippen LogP contribution in [0.1, 0.15) is 5.56 Å². The molecule has 1 aromatic carbocycles. The fourth-order valence-electron chi connectivity index (χ4n) is 2.43. The molecule has 1 aliphatic heterocycles. The first-order valence-electron chi connectivity index (χ1n) is 7.55. The maximum absolute atomic E-state index is 11.4. The van der Waals surface area contributed by atoms with E-state index in [4.69, 9.17) is 14.2 Å². The number of carbonyl (C=O) groups is 1. The number of hydrogen-bond donors (Lipinski definition) is 3. The second kappa shape index (κ2) is 8.83. The third kappa shape index (κ3) is 5.18. The van der Waals surface area contributed by atoms with Crippen molar-refractivity contribution in [2.45, 2.75) is 24.8 Å². The van der Waals surface area contributed by atoms with Crippen molar-refractivity contribution in [3.8, 4) is 5.75 Å². The monoisotopic (exact) mass is 324 g/mol. The molecule has 0 radical (unpaired) electrons. The molecule has 0 aliphatic carbocycles. The van der Waals surface area contributed by atoms with E-state index in [1.807, 2.05) is 24.3 Å². The Bertz CT molecular complexity index is 494. The average Bonchev–Trinajstić information content (AvgIpc) is 2.92. The number of rotatable bonds is 8. The Morgan fingerprint density at radius 1 is 1.35 bits per heavy atom. The standard InChI is InChI=1S/C16H24N2O5/c1-21-10-15(19)18-8-14-16(20)13(9-23-14)17-7-11-3-5-12(22-2)6-4-11/h3-6,13-14,16-17,20H,7-10H2,1-2H3,(H,18,19). The summed E-state index contributed by atoms with van der Waals surface area (Å²) in [6.45, 7) is 1.30. The van der Waals surface area contributed by atoms with Gasteiger partial charge in [0.05, 0.1) is 25.9 Å². The molecule has 0 aromatic heterocycles. The lowest BCUT2D eigenvalue weighted by Crippen LogP contribution is -2.45. The van der Waals surface area contributed by atoms with Crippen molar-refractivity contribution in [2.75, 3.05) is 34.0 Å². The Hall–Kier alpha value is -1.67. The number of ether oxygens (including phenoxy) is 3. The lowest BCUT2D eigenvalue weighted by atomic mass is 10.1. The highest BCUT2D eigenvalue weighted by molar-refractivity contribution is 5.77. The molecule has 1 aromatic rings. The molecule has 7 nitrogen and oxygen atoms in total. The number of carbonyl (C=O) groups excluding carboxylic acids is 1. The van der Waals surface area contributed by atoms with Crippen LogP contribution in [-0.4, -0.2) is 63.2 Å². The molecule has 1 saturated heterocycles. The molecular weight excluding hydrogens is 300 g/mol. The first-order chi connectivity index (χ1) is 11.1. The Kier molecular flexibility index (Phi) is 6.79. The molecule has 128 valence electrons. The third-order valence-corrected chi connectivity index (χ3v) is 3.79. The normalized spacial score (nSPS) is 23.7. The van der Waals surface area contributed by atoms with Crippen molar-refractivity contribution in [3.63, 3.8) is 0 Å². The Labute approximate surface area is 135 Å². The van der Waals surface area contributed by atoms with Gasteiger partial charge in [0.1, 0.15) is 18.5 Å². The predicted octanol–water partition coefficient (Wildman–Crippen LogP) is -0.324. The molecule has 0 spiro atoms. The zero-order valence-electron chi connectivity index (χ0n) is 13.5. The first kappa shape index (κ1) is 17.7. The van der Waals surface area contributed by atoms with E-state index in [-0.39, 0.29) is 25.1 Å². The number of hydrogen-bond acceptors (Lipinski definition) is 6. The number of methoxy groups -OCH3 is 2. The molecule has 23 heavy (non-hydrogen) atoms. The quantitative estimate of drug-likeness (QED) is 0.607. The van der Waals surface area contributed by atoms with Crippen LogP contribution in [0, 0.1) is 0 Å². The van der Waals surface area contributed by atoms with Gasteiger partial charge in [0, 0.05) is 20.2 Å². The van der Waals surface area contributed by atoms with Gasteiger partial charge in [-0.1, -0.05) is 12.1 Å². The maximum Gasteiger partial charge on any atom is 0.246 e. The summed E-state index contributed by atoms with van der Waals surface area (Å²) in [5.74, 6) is 0.586. The van der Waals surface area contributed by atoms with Crippen LogP contribution in [0.2, 0.25) is 0 Å². The summed E-state index contributed by atoms with van der Waals surface area (Å²) in [5, 5.41) is 16.2. The van der Waals surface area contributed by atoms with Gasteiger partial charge in [-0.3, -0.25) is 4.79 Å². The van der Waals surface area contributed by atoms with Crippen LogP contribution in [-0.2, 0) is 20.8 Å². The van der Waals surface area contributed by atoms with Crippen LogP contribution >= 0.6 is 0 Å². The van der Waals surface area contributed by atoms with Crippen LogP contribution in [0.15, 0.2) is 24.3 Å². The summed E-state index contributed by atoms with van der Waals surface area (Å²) in [6, 6.07) is 7.56. The van der Waals surface area contributed by atoms with E-state index in [1.165, 1.54) is 7.11 Å². The minimum absolute atomic E-state index is 0.00195. The predicted molar refractivity (Wildman–Crippen MR) is 84.3 cm³/mol. The molecule has 0 bridgehead atoms. The highest BCUT2D eigenvalue weighted by Crippen LogP contribution is 2.15. The third-order valence-electron chi connectivity index (χ3n) is 3.79. The van der Waals surface area contributed by atoms with Crippen LogP contribution in [0.4, 0.5) is 0 Å². The number of benzene rings is 1. The summed E-state index contributed by atoms with van der Waals surface area (Å²) in [7, 11) is 3.09. The minimum Gasteiger partial charge on any atom is -0.497 e. The van der Waals surface area contributed by atoms with E-state index in [9.17, 15) is 9.90 Å². The molecule has 1 heterocycles. The molecule has 1 aliphatic rings. The van der Waals surface area contributed by atoms with Gasteiger partial charge < -0.3 is 30.0 Å². The molecule has 7 heteroatoms. The van der Waals surface area contributed by atoms with Crippen LogP contribution in [0.5, 0.6) is 5.75 Å². The first-order valence-corrected chi connectivity index (χ1v) is 7.55. The average molecular weight is 324 g/mol. The summed E-state index contributed by atoms with van der Waals surface area (Å²) in [5.41, 5.74) is 1.09. The van der Waals surface area contributed by atoms with E-state index in [2.05, 4.69) is 10.6 Å². The van der Waals surface area contributed by atoms with Gasteiger partial charge in [-0.2, -0.15) is 0 Å². The topological polar surface area (TPSA) is 89.1 Å². The Morgan fingerprint density at radius 2 is 2.09 bits per heavy atom. The van der Waals surface area contributed by atoms with Crippen molar-refractivity contribution < 1.29 is 24.1 Å². The van der Waals surface area contributed by atoms with Gasteiger partial charge in [-0.15, -0.1) is 0 Å². The Morgan fingerprint density at radius 3 is 2.74 bits per heavy atom. The van der Waals surface area contributed by atoms with Crippen molar-refractivity contribution >= 4 is 5.91 Å². The molecule has 3 N–H and O–H groups in total. The van der Waals surface area contributed by atoms with Gasteiger partial charge in [0.2, 0.25) is 5.91 Å². The minimum atomic E-state index is -0.670. The zero-order valence-corrected chi connectivity index (χ0v) is 13.5. The lowest BCUT2D eigenvalue weighted by Gasteiger charge is -2.19. The van der Waals surface area contributed by atoms with Crippen molar-refractivity contribution in [1.82, 2.24) is 10.6 Å². The van der Waals surface area contributed by atoms with E-state index < -0.39 is 12.2 Å². The van der Waals surface area contributed by atoms with Crippen molar-refractivity contribution in [3.05, 3.63) is 29.8 Å². The van der Waals surface area contributed by atoms with Crippen LogP contribution < -0.4 is 15.4 Å². The van der Waals surface area contributed by atoms with E-state index in [0.717, 1.165) is 11.3 Å². The molecule has 1 amide bonds. The second-order valence-electron chi connectivity index (χ2n) is 5.43.